The number of nitrogens with zero attached hydrogens (tertiary/aromatic N) is 1. The van der Waals surface area contributed by atoms with E-state index in [1.54, 1.807) is 0 Å². The Hall–Kier alpha value is -2.39. The molecule has 0 spiro atoms. The van der Waals surface area contributed by atoms with Crippen LogP contribution in [0, 0.1) is 0 Å². The summed E-state index contributed by atoms with van der Waals surface area (Å²) in [6.07, 6.45) is 7.18. The quantitative estimate of drug-likeness (QED) is 0.510. The number of fused-ring (bicyclic) bond motifs is 1. The largest absolute Gasteiger partial charge is 0.494 e. The molecule has 1 N–H and O–H groups in total. The highest BCUT2D eigenvalue weighted by atomic mass is 16.5. The van der Waals surface area contributed by atoms with E-state index in [2.05, 4.69) is 41.5 Å². The van der Waals surface area contributed by atoms with E-state index in [4.69, 9.17) is 4.74 Å². The Bertz CT molecular complexity index is 773. The number of hydrogen-bond acceptors (Lipinski definition) is 3. The average Bonchev–Trinajstić information content (AvgIpc) is 2.67. The third kappa shape index (κ3) is 6.16. The third-order valence-electron chi connectivity index (χ3n) is 4.40. The van der Waals surface area contributed by atoms with Crippen molar-refractivity contribution < 1.29 is 4.74 Å². The van der Waals surface area contributed by atoms with Gasteiger partial charge in [-0.05, 0) is 61.4 Å². The van der Waals surface area contributed by atoms with Crippen molar-refractivity contribution in [1.82, 2.24) is 10.3 Å². The molecule has 2 aromatic carbocycles. The van der Waals surface area contributed by atoms with Crippen LogP contribution < -0.4 is 10.1 Å². The summed E-state index contributed by atoms with van der Waals surface area (Å²) < 4.78 is 5.73. The van der Waals surface area contributed by atoms with Crippen molar-refractivity contribution in [1.29, 1.82) is 0 Å². The summed E-state index contributed by atoms with van der Waals surface area (Å²) in [5.74, 6) is 0.958. The standard InChI is InChI=1S/C22H26N2O.CH4/c1-18(7-5-6-14-25-22-8-3-2-4-9-22)24-16-19-10-11-21-17-23-13-12-20(21)15-19;/h2-4,8-13,15,17-18,24H,5-7,14,16H2,1H3;1H4/t18-;/m1./s1. The summed E-state index contributed by atoms with van der Waals surface area (Å²) in [6.45, 7) is 3.94. The van der Waals surface area contributed by atoms with E-state index in [9.17, 15) is 0 Å². The first-order valence-electron chi connectivity index (χ1n) is 9.05. The molecule has 1 heterocycles. The maximum absolute atomic E-state index is 5.73. The van der Waals surface area contributed by atoms with Gasteiger partial charge in [0.25, 0.3) is 0 Å². The van der Waals surface area contributed by atoms with E-state index >= 15 is 0 Å². The molecule has 0 fully saturated rings. The SMILES string of the molecule is C.C[C@H](CCCCOc1ccccc1)NCc1ccc2cnccc2c1. The van der Waals surface area contributed by atoms with E-state index in [1.807, 2.05) is 42.7 Å². The molecule has 3 nitrogen and oxygen atoms in total. The maximum atomic E-state index is 5.73. The number of para-hydroxylation sites is 1. The van der Waals surface area contributed by atoms with Gasteiger partial charge in [0.1, 0.15) is 5.75 Å². The minimum absolute atomic E-state index is 0. The highest BCUT2D eigenvalue weighted by molar-refractivity contribution is 5.81. The Morgan fingerprint density at radius 3 is 2.69 bits per heavy atom. The highest BCUT2D eigenvalue weighted by Crippen LogP contribution is 2.15. The molecule has 0 aliphatic heterocycles. The molecule has 0 amide bonds. The topological polar surface area (TPSA) is 34.1 Å². The molecule has 138 valence electrons. The van der Waals surface area contributed by atoms with E-state index in [1.165, 1.54) is 22.8 Å². The molecule has 0 radical (unpaired) electrons. The number of pyridine rings is 1. The van der Waals surface area contributed by atoms with Crippen LogP contribution in [0.3, 0.4) is 0 Å². The Balaban J connectivity index is 0.00000243. The summed E-state index contributed by atoms with van der Waals surface area (Å²) in [5, 5.41) is 6.06. The number of benzene rings is 2. The number of rotatable bonds is 9. The molecule has 1 atom stereocenters. The molecular weight excluding hydrogens is 320 g/mol. The number of ether oxygens (including phenoxy) is 1. The lowest BCUT2D eigenvalue weighted by molar-refractivity contribution is 0.301. The van der Waals surface area contributed by atoms with Crippen molar-refractivity contribution in [2.24, 2.45) is 0 Å². The van der Waals surface area contributed by atoms with Crippen LogP contribution in [0.2, 0.25) is 0 Å². The Labute approximate surface area is 157 Å². The first-order valence-corrected chi connectivity index (χ1v) is 9.05. The summed E-state index contributed by atoms with van der Waals surface area (Å²) >= 11 is 0. The monoisotopic (exact) mass is 350 g/mol. The fourth-order valence-corrected chi connectivity index (χ4v) is 2.90. The fourth-order valence-electron chi connectivity index (χ4n) is 2.90. The van der Waals surface area contributed by atoms with Crippen LogP contribution in [0.15, 0.2) is 67.0 Å². The van der Waals surface area contributed by atoms with Crippen LogP contribution in [0.5, 0.6) is 5.75 Å². The lowest BCUT2D eigenvalue weighted by Crippen LogP contribution is -2.25. The summed E-state index contributed by atoms with van der Waals surface area (Å²) in [4.78, 5) is 4.16. The van der Waals surface area contributed by atoms with Crippen LogP contribution in [0.4, 0.5) is 0 Å². The molecule has 0 unspecified atom stereocenters. The van der Waals surface area contributed by atoms with Crippen molar-refractivity contribution in [3.8, 4) is 5.75 Å². The predicted molar refractivity (Wildman–Crippen MR) is 111 cm³/mol. The number of hydrogen-bond donors (Lipinski definition) is 1. The van der Waals surface area contributed by atoms with E-state index in [0.717, 1.165) is 31.7 Å². The molecule has 0 bridgehead atoms. The van der Waals surface area contributed by atoms with Crippen LogP contribution in [0.25, 0.3) is 10.8 Å². The average molecular weight is 351 g/mol. The number of nitrogens with one attached hydrogen (secondary N) is 1. The van der Waals surface area contributed by atoms with Crippen LogP contribution in [0.1, 0.15) is 39.2 Å². The van der Waals surface area contributed by atoms with Gasteiger partial charge in [-0.3, -0.25) is 4.98 Å². The molecule has 3 rings (SSSR count). The van der Waals surface area contributed by atoms with Crippen LogP contribution in [-0.4, -0.2) is 17.6 Å². The number of unbranched alkanes of at least 4 members (excludes halogenated alkanes) is 1. The van der Waals surface area contributed by atoms with Gasteiger partial charge in [0.15, 0.2) is 0 Å². The molecular formula is C23H30N2O. The van der Waals surface area contributed by atoms with E-state index in [0.29, 0.717) is 6.04 Å². The van der Waals surface area contributed by atoms with Gasteiger partial charge in [-0.15, -0.1) is 0 Å². The van der Waals surface area contributed by atoms with Gasteiger partial charge >= 0.3 is 0 Å². The maximum Gasteiger partial charge on any atom is 0.119 e. The lowest BCUT2D eigenvalue weighted by atomic mass is 10.1. The second-order valence-corrected chi connectivity index (χ2v) is 6.50. The third-order valence-corrected chi connectivity index (χ3v) is 4.40. The lowest BCUT2D eigenvalue weighted by Gasteiger charge is -2.14. The van der Waals surface area contributed by atoms with Crippen molar-refractivity contribution in [2.75, 3.05) is 6.61 Å². The van der Waals surface area contributed by atoms with Gasteiger partial charge < -0.3 is 10.1 Å². The van der Waals surface area contributed by atoms with Gasteiger partial charge in [0, 0.05) is 30.4 Å². The van der Waals surface area contributed by atoms with Gasteiger partial charge in [-0.25, -0.2) is 0 Å². The van der Waals surface area contributed by atoms with Crippen LogP contribution in [-0.2, 0) is 6.54 Å². The first kappa shape index (κ1) is 19.9. The molecule has 1 aromatic heterocycles. The first-order chi connectivity index (χ1) is 12.3. The van der Waals surface area contributed by atoms with E-state index in [-0.39, 0.29) is 7.43 Å². The van der Waals surface area contributed by atoms with Crippen LogP contribution >= 0.6 is 0 Å². The Kier molecular flexibility index (Phi) is 8.10. The Morgan fingerprint density at radius 2 is 1.85 bits per heavy atom. The zero-order chi connectivity index (χ0) is 17.3. The second-order valence-electron chi connectivity index (χ2n) is 6.50. The molecule has 0 aliphatic carbocycles. The molecule has 0 saturated heterocycles. The molecule has 0 aliphatic rings. The second kappa shape index (κ2) is 10.6. The zero-order valence-corrected chi connectivity index (χ0v) is 14.8. The van der Waals surface area contributed by atoms with Crippen molar-refractivity contribution >= 4 is 10.8 Å². The molecule has 3 heteroatoms. The van der Waals surface area contributed by atoms with Gasteiger partial charge in [0.2, 0.25) is 0 Å². The minimum atomic E-state index is 0. The Morgan fingerprint density at radius 1 is 1.00 bits per heavy atom. The summed E-state index contributed by atoms with van der Waals surface area (Å²) in [5.41, 5.74) is 1.32. The van der Waals surface area contributed by atoms with Gasteiger partial charge in [-0.2, -0.15) is 0 Å². The molecule has 3 aromatic rings. The van der Waals surface area contributed by atoms with Gasteiger partial charge in [-0.1, -0.05) is 37.8 Å². The normalized spacial score (nSPS) is 11.7. The minimum Gasteiger partial charge on any atom is -0.494 e. The summed E-state index contributed by atoms with van der Waals surface area (Å²) in [7, 11) is 0. The van der Waals surface area contributed by atoms with Crippen molar-refractivity contribution in [3.63, 3.8) is 0 Å². The smallest absolute Gasteiger partial charge is 0.119 e. The zero-order valence-electron chi connectivity index (χ0n) is 14.8. The van der Waals surface area contributed by atoms with Crippen molar-refractivity contribution in [2.45, 2.75) is 46.2 Å². The molecule has 0 saturated carbocycles. The molecule has 26 heavy (non-hydrogen) atoms. The predicted octanol–water partition coefficient (Wildman–Crippen LogP) is 5.60. The highest BCUT2D eigenvalue weighted by Gasteiger charge is 2.03. The van der Waals surface area contributed by atoms with E-state index < -0.39 is 0 Å². The summed E-state index contributed by atoms with van der Waals surface area (Å²) in [6, 6.07) is 19.2. The van der Waals surface area contributed by atoms with Gasteiger partial charge in [0.05, 0.1) is 6.61 Å². The number of aromatic nitrogens is 1. The fraction of sp³-hybridized carbons (Fsp3) is 0.348. The van der Waals surface area contributed by atoms with Crippen molar-refractivity contribution in [3.05, 3.63) is 72.6 Å².